The van der Waals surface area contributed by atoms with Crippen LogP contribution in [0.25, 0.3) is 10.6 Å². The molecule has 1 saturated heterocycles. The van der Waals surface area contributed by atoms with E-state index in [1.807, 2.05) is 24.3 Å². The van der Waals surface area contributed by atoms with Gasteiger partial charge in [-0.2, -0.15) is 0 Å². The zero-order valence-electron chi connectivity index (χ0n) is 17.1. The van der Waals surface area contributed by atoms with E-state index in [2.05, 4.69) is 15.2 Å². The summed E-state index contributed by atoms with van der Waals surface area (Å²) in [5.41, 5.74) is 8.55. The molecule has 160 valence electrons. The summed E-state index contributed by atoms with van der Waals surface area (Å²) < 4.78 is 13.2. The quantitative estimate of drug-likeness (QED) is 0.625. The molecule has 3 aromatic rings. The third-order valence-corrected chi connectivity index (χ3v) is 6.69. The maximum atomic E-state index is 13.2. The Bertz CT molecular complexity index is 1090. The molecule has 0 atom stereocenters. The number of nitrogens with two attached hydrogens (primary N) is 1. The largest absolute Gasteiger partial charge is 0.371 e. The molecule has 3 N–H and O–H groups in total. The average molecular weight is 439 g/mol. The number of aryl methyl sites for hydroxylation is 1. The van der Waals surface area contributed by atoms with Crippen molar-refractivity contribution in [3.8, 4) is 10.6 Å². The van der Waals surface area contributed by atoms with Crippen LogP contribution in [0, 0.1) is 18.7 Å². The lowest BCUT2D eigenvalue weighted by Gasteiger charge is -2.32. The minimum absolute atomic E-state index is 0.0442. The monoisotopic (exact) mass is 438 g/mol. The molecule has 0 saturated carbocycles. The minimum atomic E-state index is -0.310. The maximum Gasteiger partial charge on any atom is 0.267 e. The number of rotatable bonds is 5. The van der Waals surface area contributed by atoms with Crippen molar-refractivity contribution in [2.24, 2.45) is 11.7 Å². The van der Waals surface area contributed by atoms with Gasteiger partial charge in [-0.3, -0.25) is 9.59 Å². The van der Waals surface area contributed by atoms with E-state index < -0.39 is 0 Å². The van der Waals surface area contributed by atoms with E-state index in [-0.39, 0.29) is 23.5 Å². The van der Waals surface area contributed by atoms with Crippen molar-refractivity contribution in [3.63, 3.8) is 0 Å². The van der Waals surface area contributed by atoms with Gasteiger partial charge in [-0.15, -0.1) is 11.3 Å². The highest BCUT2D eigenvalue weighted by molar-refractivity contribution is 7.17. The Hall–Kier alpha value is -3.26. The van der Waals surface area contributed by atoms with Crippen LogP contribution in [0.5, 0.6) is 0 Å². The maximum absolute atomic E-state index is 13.2. The van der Waals surface area contributed by atoms with Gasteiger partial charge >= 0.3 is 0 Å². The van der Waals surface area contributed by atoms with Crippen molar-refractivity contribution in [1.29, 1.82) is 0 Å². The van der Waals surface area contributed by atoms with Crippen molar-refractivity contribution >= 4 is 34.5 Å². The number of halogens is 1. The van der Waals surface area contributed by atoms with Crippen molar-refractivity contribution < 1.29 is 14.0 Å². The molecule has 1 fully saturated rings. The molecule has 4 rings (SSSR count). The summed E-state index contributed by atoms with van der Waals surface area (Å²) in [7, 11) is 0. The predicted octanol–water partition coefficient (Wildman–Crippen LogP) is 4.21. The van der Waals surface area contributed by atoms with E-state index in [0.29, 0.717) is 21.3 Å². The standard InChI is InChI=1S/C23H23FN4O2S/c1-14-20(31-23(26-14)16-2-4-17(24)5-3-16)22(30)27-18-6-8-19(9-7-18)28-12-10-15(11-13-28)21(25)29/h2-9,15H,10-13H2,1H3,(H2,25,29)(H,27,30). The first-order valence-electron chi connectivity index (χ1n) is 10.1. The van der Waals surface area contributed by atoms with Crippen LogP contribution in [0.3, 0.4) is 0 Å². The fourth-order valence-electron chi connectivity index (χ4n) is 3.69. The Morgan fingerprint density at radius 2 is 1.74 bits per heavy atom. The lowest BCUT2D eigenvalue weighted by Crippen LogP contribution is -2.38. The van der Waals surface area contributed by atoms with Crippen molar-refractivity contribution in [1.82, 2.24) is 4.98 Å². The number of hydrogen-bond acceptors (Lipinski definition) is 5. The second-order valence-electron chi connectivity index (χ2n) is 7.61. The van der Waals surface area contributed by atoms with Crippen LogP contribution in [-0.4, -0.2) is 29.9 Å². The zero-order valence-corrected chi connectivity index (χ0v) is 17.9. The molecule has 1 aliphatic heterocycles. The van der Waals surface area contributed by atoms with E-state index in [9.17, 15) is 14.0 Å². The average Bonchev–Trinajstić information content (AvgIpc) is 3.16. The molecular formula is C23H23FN4O2S. The summed E-state index contributed by atoms with van der Waals surface area (Å²) in [6.07, 6.45) is 1.52. The number of carbonyl (C=O) groups excluding carboxylic acids is 2. The minimum Gasteiger partial charge on any atom is -0.371 e. The Kier molecular flexibility index (Phi) is 5.99. The molecule has 0 bridgehead atoms. The molecule has 0 spiro atoms. The highest BCUT2D eigenvalue weighted by atomic mass is 32.1. The first kappa shape index (κ1) is 21.0. The summed E-state index contributed by atoms with van der Waals surface area (Å²) in [6.45, 7) is 3.36. The number of piperidine rings is 1. The van der Waals surface area contributed by atoms with Gasteiger partial charge in [0.05, 0.1) is 5.69 Å². The van der Waals surface area contributed by atoms with Gasteiger partial charge in [-0.25, -0.2) is 9.37 Å². The van der Waals surface area contributed by atoms with Crippen molar-refractivity contribution in [3.05, 3.63) is 64.9 Å². The predicted molar refractivity (Wildman–Crippen MR) is 121 cm³/mol. The van der Waals surface area contributed by atoms with Crippen LogP contribution in [0.2, 0.25) is 0 Å². The van der Waals surface area contributed by atoms with E-state index in [0.717, 1.165) is 37.2 Å². The van der Waals surface area contributed by atoms with Gasteiger partial charge in [0.25, 0.3) is 5.91 Å². The molecule has 1 aromatic heterocycles. The van der Waals surface area contributed by atoms with E-state index in [4.69, 9.17) is 5.73 Å². The summed E-state index contributed by atoms with van der Waals surface area (Å²) in [6, 6.07) is 13.7. The molecule has 31 heavy (non-hydrogen) atoms. The molecule has 0 radical (unpaired) electrons. The molecule has 8 heteroatoms. The van der Waals surface area contributed by atoms with Gasteiger partial charge in [-0.1, -0.05) is 0 Å². The number of benzene rings is 2. The number of primary amides is 1. The van der Waals surface area contributed by atoms with Crippen LogP contribution >= 0.6 is 11.3 Å². The molecule has 6 nitrogen and oxygen atoms in total. The number of thiazole rings is 1. The van der Waals surface area contributed by atoms with Gasteiger partial charge < -0.3 is 16.0 Å². The molecule has 2 heterocycles. The zero-order chi connectivity index (χ0) is 22.0. The summed E-state index contributed by atoms with van der Waals surface area (Å²) in [4.78, 5) is 31.3. The van der Waals surface area contributed by atoms with Gasteiger partial charge in [0, 0.05) is 35.9 Å². The fourth-order valence-corrected chi connectivity index (χ4v) is 4.66. The lowest BCUT2D eigenvalue weighted by molar-refractivity contribution is -0.122. The van der Waals surface area contributed by atoms with E-state index in [1.165, 1.54) is 23.5 Å². The normalized spacial score (nSPS) is 14.5. The Labute approximate surface area is 183 Å². The number of carbonyl (C=O) groups is 2. The Morgan fingerprint density at radius 1 is 1.10 bits per heavy atom. The number of anilines is 2. The lowest BCUT2D eigenvalue weighted by atomic mass is 9.96. The first-order valence-corrected chi connectivity index (χ1v) is 10.9. The summed E-state index contributed by atoms with van der Waals surface area (Å²) >= 11 is 1.28. The van der Waals surface area contributed by atoms with Gasteiger partial charge in [-0.05, 0) is 68.3 Å². The van der Waals surface area contributed by atoms with Gasteiger partial charge in [0.15, 0.2) is 0 Å². The number of nitrogens with zero attached hydrogens (tertiary/aromatic N) is 2. The summed E-state index contributed by atoms with van der Waals surface area (Å²) in [5.74, 6) is -0.801. The summed E-state index contributed by atoms with van der Waals surface area (Å²) in [5, 5.41) is 3.59. The second-order valence-corrected chi connectivity index (χ2v) is 8.60. The van der Waals surface area contributed by atoms with Crippen LogP contribution in [0.1, 0.15) is 28.2 Å². The highest BCUT2D eigenvalue weighted by Gasteiger charge is 2.23. The van der Waals surface area contributed by atoms with Crippen LogP contribution in [-0.2, 0) is 4.79 Å². The molecule has 1 aliphatic rings. The van der Waals surface area contributed by atoms with Crippen LogP contribution < -0.4 is 16.0 Å². The number of aromatic nitrogens is 1. The van der Waals surface area contributed by atoms with Crippen molar-refractivity contribution in [2.45, 2.75) is 19.8 Å². The smallest absolute Gasteiger partial charge is 0.267 e. The molecule has 0 aliphatic carbocycles. The molecular weight excluding hydrogens is 415 g/mol. The SMILES string of the molecule is Cc1nc(-c2ccc(F)cc2)sc1C(=O)Nc1ccc(N2CCC(C(N)=O)CC2)cc1. The van der Waals surface area contributed by atoms with Crippen molar-refractivity contribution in [2.75, 3.05) is 23.3 Å². The number of amides is 2. The van der Waals surface area contributed by atoms with Crippen LogP contribution in [0.4, 0.5) is 15.8 Å². The number of hydrogen-bond donors (Lipinski definition) is 2. The second kappa shape index (κ2) is 8.85. The van der Waals surface area contributed by atoms with Gasteiger partial charge in [0.1, 0.15) is 15.7 Å². The molecule has 0 unspecified atom stereocenters. The molecule has 2 aromatic carbocycles. The highest BCUT2D eigenvalue weighted by Crippen LogP contribution is 2.29. The third-order valence-electron chi connectivity index (χ3n) is 5.48. The topological polar surface area (TPSA) is 88.3 Å². The number of nitrogens with one attached hydrogen (secondary N) is 1. The van der Waals surface area contributed by atoms with Crippen LogP contribution in [0.15, 0.2) is 48.5 Å². The molecule has 2 amide bonds. The van der Waals surface area contributed by atoms with Gasteiger partial charge in [0.2, 0.25) is 5.91 Å². The fraction of sp³-hybridized carbons (Fsp3) is 0.261. The Balaban J connectivity index is 1.41. The first-order chi connectivity index (χ1) is 14.9. The Morgan fingerprint density at radius 3 is 2.35 bits per heavy atom. The third kappa shape index (κ3) is 4.74. The van der Waals surface area contributed by atoms with E-state index in [1.54, 1.807) is 19.1 Å². The van der Waals surface area contributed by atoms with E-state index >= 15 is 0 Å².